The van der Waals surface area contributed by atoms with Gasteiger partial charge in [0.25, 0.3) is 5.91 Å². The molecule has 118 valence electrons. The zero-order valence-electron chi connectivity index (χ0n) is 13.6. The van der Waals surface area contributed by atoms with Crippen molar-refractivity contribution in [2.24, 2.45) is 5.92 Å². The number of carbonyl (C=O) groups excluding carboxylic acids is 1. The van der Waals surface area contributed by atoms with Crippen molar-refractivity contribution in [2.75, 3.05) is 19.0 Å². The van der Waals surface area contributed by atoms with Gasteiger partial charge in [0.15, 0.2) is 6.61 Å². The molecule has 1 aromatic carbocycles. The molecule has 0 aliphatic heterocycles. The molecule has 2 atom stereocenters. The second kappa shape index (κ2) is 9.27. The van der Waals surface area contributed by atoms with Gasteiger partial charge in [-0.2, -0.15) is 0 Å². The first-order valence-electron chi connectivity index (χ1n) is 7.79. The summed E-state index contributed by atoms with van der Waals surface area (Å²) < 4.78 is 5.46. The Bertz CT molecular complexity index is 435. The van der Waals surface area contributed by atoms with Crippen LogP contribution in [0.2, 0.25) is 0 Å². The van der Waals surface area contributed by atoms with Crippen LogP contribution in [0.4, 0.5) is 5.69 Å². The van der Waals surface area contributed by atoms with Gasteiger partial charge in [-0.05, 0) is 30.9 Å². The van der Waals surface area contributed by atoms with Crippen LogP contribution in [0.3, 0.4) is 0 Å². The van der Waals surface area contributed by atoms with Crippen molar-refractivity contribution in [1.29, 1.82) is 0 Å². The van der Waals surface area contributed by atoms with Crippen LogP contribution in [0.15, 0.2) is 24.3 Å². The molecule has 0 saturated carbocycles. The van der Waals surface area contributed by atoms with Crippen molar-refractivity contribution in [3.05, 3.63) is 24.3 Å². The van der Waals surface area contributed by atoms with Crippen molar-refractivity contribution < 1.29 is 9.53 Å². The van der Waals surface area contributed by atoms with Crippen molar-refractivity contribution in [3.8, 4) is 5.75 Å². The fourth-order valence-corrected chi connectivity index (χ4v) is 2.11. The Morgan fingerprint density at radius 3 is 2.67 bits per heavy atom. The summed E-state index contributed by atoms with van der Waals surface area (Å²) in [7, 11) is 1.60. The van der Waals surface area contributed by atoms with Gasteiger partial charge in [-0.3, -0.25) is 4.79 Å². The summed E-state index contributed by atoms with van der Waals surface area (Å²) in [5.74, 6) is 1.30. The molecule has 0 radical (unpaired) electrons. The molecular formula is C17H28N2O2. The van der Waals surface area contributed by atoms with Crippen LogP contribution >= 0.6 is 0 Å². The highest BCUT2D eigenvalue weighted by molar-refractivity contribution is 5.77. The van der Waals surface area contributed by atoms with E-state index in [-0.39, 0.29) is 12.5 Å². The van der Waals surface area contributed by atoms with Gasteiger partial charge in [0.1, 0.15) is 5.75 Å². The SMILES string of the molecule is CCC(C)CC(CC)Nc1cccc(OCC(=O)NC)c1. The quantitative estimate of drug-likeness (QED) is 0.733. The number of ether oxygens (including phenoxy) is 1. The Kier molecular flexibility index (Phi) is 7.65. The minimum atomic E-state index is -0.128. The third-order valence-corrected chi connectivity index (χ3v) is 3.73. The highest BCUT2D eigenvalue weighted by Gasteiger charge is 2.10. The summed E-state index contributed by atoms with van der Waals surface area (Å²) >= 11 is 0. The average Bonchev–Trinajstić information content (AvgIpc) is 2.52. The molecule has 0 fully saturated rings. The molecule has 4 heteroatoms. The summed E-state index contributed by atoms with van der Waals surface area (Å²) in [5.41, 5.74) is 1.04. The van der Waals surface area contributed by atoms with E-state index >= 15 is 0 Å². The molecule has 0 spiro atoms. The predicted octanol–water partition coefficient (Wildman–Crippen LogP) is 3.44. The second-order valence-electron chi connectivity index (χ2n) is 5.49. The third kappa shape index (κ3) is 6.52. The van der Waals surface area contributed by atoms with Crippen LogP contribution in [0.5, 0.6) is 5.75 Å². The van der Waals surface area contributed by atoms with Crippen molar-refractivity contribution in [3.63, 3.8) is 0 Å². The fraction of sp³-hybridized carbons (Fsp3) is 0.588. The van der Waals surface area contributed by atoms with Crippen LogP contribution in [0, 0.1) is 5.92 Å². The van der Waals surface area contributed by atoms with E-state index in [4.69, 9.17) is 4.74 Å². The topological polar surface area (TPSA) is 50.4 Å². The highest BCUT2D eigenvalue weighted by Crippen LogP contribution is 2.21. The van der Waals surface area contributed by atoms with E-state index in [1.54, 1.807) is 7.05 Å². The van der Waals surface area contributed by atoms with E-state index in [0.717, 1.165) is 24.4 Å². The number of hydrogen-bond acceptors (Lipinski definition) is 3. The largest absolute Gasteiger partial charge is 0.484 e. The maximum absolute atomic E-state index is 11.2. The van der Waals surface area contributed by atoms with Gasteiger partial charge in [0, 0.05) is 24.8 Å². The summed E-state index contributed by atoms with van der Waals surface area (Å²) in [5, 5.41) is 6.09. The highest BCUT2D eigenvalue weighted by atomic mass is 16.5. The average molecular weight is 292 g/mol. The van der Waals surface area contributed by atoms with E-state index in [0.29, 0.717) is 11.8 Å². The van der Waals surface area contributed by atoms with E-state index in [2.05, 4.69) is 31.4 Å². The number of nitrogens with one attached hydrogen (secondary N) is 2. The van der Waals surface area contributed by atoms with Crippen molar-refractivity contribution in [2.45, 2.75) is 46.1 Å². The van der Waals surface area contributed by atoms with E-state index in [1.807, 2.05) is 24.3 Å². The minimum Gasteiger partial charge on any atom is -0.484 e. The third-order valence-electron chi connectivity index (χ3n) is 3.73. The molecule has 0 aliphatic rings. The summed E-state index contributed by atoms with van der Waals surface area (Å²) in [4.78, 5) is 11.2. The second-order valence-corrected chi connectivity index (χ2v) is 5.49. The van der Waals surface area contributed by atoms with Gasteiger partial charge >= 0.3 is 0 Å². The zero-order valence-corrected chi connectivity index (χ0v) is 13.6. The van der Waals surface area contributed by atoms with Crippen LogP contribution in [0.1, 0.15) is 40.0 Å². The number of carbonyl (C=O) groups is 1. The van der Waals surface area contributed by atoms with Crippen LogP contribution < -0.4 is 15.4 Å². The number of anilines is 1. The Balaban J connectivity index is 2.60. The minimum absolute atomic E-state index is 0.0457. The Morgan fingerprint density at radius 1 is 1.29 bits per heavy atom. The molecule has 21 heavy (non-hydrogen) atoms. The van der Waals surface area contributed by atoms with Crippen LogP contribution in [0.25, 0.3) is 0 Å². The Labute approximate surface area is 128 Å². The standard InChI is InChI=1S/C17H28N2O2/c1-5-13(3)10-14(6-2)19-15-8-7-9-16(11-15)21-12-17(20)18-4/h7-9,11,13-14,19H,5-6,10,12H2,1-4H3,(H,18,20). The normalized spacial score (nSPS) is 13.3. The zero-order chi connectivity index (χ0) is 15.7. The van der Waals surface area contributed by atoms with Gasteiger partial charge in [-0.15, -0.1) is 0 Å². The first-order chi connectivity index (χ1) is 10.1. The van der Waals surface area contributed by atoms with Gasteiger partial charge in [-0.1, -0.05) is 33.3 Å². The van der Waals surface area contributed by atoms with Crippen molar-refractivity contribution >= 4 is 11.6 Å². The monoisotopic (exact) mass is 292 g/mol. The van der Waals surface area contributed by atoms with E-state index < -0.39 is 0 Å². The maximum atomic E-state index is 11.2. The molecule has 0 aromatic heterocycles. The first kappa shape index (κ1) is 17.3. The Hall–Kier alpha value is -1.71. The lowest BCUT2D eigenvalue weighted by molar-refractivity contribution is -0.122. The lowest BCUT2D eigenvalue weighted by Crippen LogP contribution is -2.25. The number of amides is 1. The number of rotatable bonds is 9. The molecule has 1 rings (SSSR count). The van der Waals surface area contributed by atoms with Crippen LogP contribution in [-0.4, -0.2) is 25.6 Å². The molecule has 1 amide bonds. The van der Waals surface area contributed by atoms with E-state index in [1.165, 1.54) is 6.42 Å². The molecule has 2 unspecified atom stereocenters. The summed E-state index contributed by atoms with van der Waals surface area (Å²) in [6, 6.07) is 8.25. The molecular weight excluding hydrogens is 264 g/mol. The van der Waals surface area contributed by atoms with Crippen LogP contribution in [-0.2, 0) is 4.79 Å². The number of hydrogen-bond donors (Lipinski definition) is 2. The predicted molar refractivity (Wildman–Crippen MR) is 87.8 cm³/mol. The molecule has 0 saturated heterocycles. The Morgan fingerprint density at radius 2 is 2.05 bits per heavy atom. The summed E-state index contributed by atoms with van der Waals surface area (Å²) in [6.07, 6.45) is 3.46. The smallest absolute Gasteiger partial charge is 0.257 e. The molecule has 0 bridgehead atoms. The first-order valence-corrected chi connectivity index (χ1v) is 7.79. The lowest BCUT2D eigenvalue weighted by atomic mass is 9.97. The van der Waals surface area contributed by atoms with Gasteiger partial charge in [0.2, 0.25) is 0 Å². The van der Waals surface area contributed by atoms with Gasteiger partial charge in [0.05, 0.1) is 0 Å². The van der Waals surface area contributed by atoms with Crippen molar-refractivity contribution in [1.82, 2.24) is 5.32 Å². The molecule has 0 aliphatic carbocycles. The fourth-order valence-electron chi connectivity index (χ4n) is 2.11. The maximum Gasteiger partial charge on any atom is 0.257 e. The molecule has 4 nitrogen and oxygen atoms in total. The number of benzene rings is 1. The molecule has 0 heterocycles. The summed E-state index contributed by atoms with van der Waals surface area (Å²) in [6.45, 7) is 6.76. The lowest BCUT2D eigenvalue weighted by Gasteiger charge is -2.21. The van der Waals surface area contributed by atoms with Gasteiger partial charge in [-0.25, -0.2) is 0 Å². The number of likely N-dealkylation sites (N-methyl/N-ethyl adjacent to an activating group) is 1. The molecule has 1 aromatic rings. The molecule has 2 N–H and O–H groups in total. The van der Waals surface area contributed by atoms with Gasteiger partial charge < -0.3 is 15.4 Å². The van der Waals surface area contributed by atoms with E-state index in [9.17, 15) is 4.79 Å².